The third-order valence-corrected chi connectivity index (χ3v) is 1.67. The highest BCUT2D eigenvalue weighted by Gasteiger charge is 2.25. The van der Waals surface area contributed by atoms with Crippen LogP contribution in [-0.4, -0.2) is 16.0 Å². The number of aromatic carboxylic acids is 1. The number of nitro benzene ring substituents is 1. The number of nitrogen functional groups attached to an aromatic ring is 1. The molecule has 76 valence electrons. The second-order valence-electron chi connectivity index (χ2n) is 2.64. The maximum absolute atomic E-state index is 10.7. The Morgan fingerprint density at radius 2 is 2.20 bits per heavy atom. The second kappa shape index (κ2) is 3.63. The van der Waals surface area contributed by atoms with E-state index in [2.05, 4.69) is 0 Å². The summed E-state index contributed by atoms with van der Waals surface area (Å²) in [4.78, 5) is 20.3. The molecule has 3 N–H and O–H groups in total. The summed E-state index contributed by atoms with van der Waals surface area (Å²) in [5.41, 5.74) is 3.61. The van der Waals surface area contributed by atoms with Crippen LogP contribution < -0.4 is 5.73 Å². The fraction of sp³-hybridized carbons (Fsp3) is 0. The van der Waals surface area contributed by atoms with E-state index in [1.54, 1.807) is 0 Å². The smallest absolute Gasteiger partial charge is 0.342 e. The predicted molar refractivity (Wildman–Crippen MR) is 49.2 cm³/mol. The first-order valence-corrected chi connectivity index (χ1v) is 3.68. The zero-order valence-electron chi connectivity index (χ0n) is 7.30. The average molecular weight is 207 g/mol. The van der Waals surface area contributed by atoms with Gasteiger partial charge in [-0.15, -0.1) is 0 Å². The van der Waals surface area contributed by atoms with E-state index in [-0.39, 0.29) is 11.3 Å². The molecule has 1 rings (SSSR count). The minimum atomic E-state index is -1.49. The molecule has 0 heterocycles. The molecule has 0 fully saturated rings. The van der Waals surface area contributed by atoms with Gasteiger partial charge in [-0.1, -0.05) is 0 Å². The van der Waals surface area contributed by atoms with E-state index >= 15 is 0 Å². The lowest BCUT2D eigenvalue weighted by Crippen LogP contribution is -2.06. The summed E-state index contributed by atoms with van der Waals surface area (Å²) >= 11 is 0. The first-order valence-electron chi connectivity index (χ1n) is 3.68. The molecule has 7 heteroatoms. The molecule has 0 bridgehead atoms. The van der Waals surface area contributed by atoms with Crippen molar-refractivity contribution >= 4 is 17.3 Å². The van der Waals surface area contributed by atoms with Crippen LogP contribution in [0.3, 0.4) is 0 Å². The van der Waals surface area contributed by atoms with E-state index in [4.69, 9.17) is 16.1 Å². The summed E-state index contributed by atoms with van der Waals surface area (Å²) < 4.78 is 0. The van der Waals surface area contributed by atoms with E-state index in [0.717, 1.165) is 12.1 Å². The predicted octanol–water partition coefficient (Wildman–Crippen LogP) is 0.747. The molecule has 0 saturated carbocycles. The minimum absolute atomic E-state index is 0.00505. The first kappa shape index (κ1) is 10.5. The molecule has 0 atom stereocenters. The van der Waals surface area contributed by atoms with Gasteiger partial charge in [0.25, 0.3) is 0 Å². The Bertz CT molecular complexity index is 489. The summed E-state index contributed by atoms with van der Waals surface area (Å²) in [6.07, 6.45) is 0. The molecule has 7 nitrogen and oxygen atoms in total. The van der Waals surface area contributed by atoms with Crippen molar-refractivity contribution in [3.63, 3.8) is 0 Å². The monoisotopic (exact) mass is 207 g/mol. The van der Waals surface area contributed by atoms with Crippen LogP contribution in [0.4, 0.5) is 11.4 Å². The molecule has 0 spiro atoms. The highest BCUT2D eigenvalue weighted by molar-refractivity contribution is 5.94. The van der Waals surface area contributed by atoms with Gasteiger partial charge < -0.3 is 10.8 Å². The van der Waals surface area contributed by atoms with Crippen LogP contribution in [0.5, 0.6) is 0 Å². The molecule has 0 aliphatic rings. The highest BCUT2D eigenvalue weighted by Crippen LogP contribution is 2.26. The Morgan fingerprint density at radius 1 is 1.60 bits per heavy atom. The topological polar surface area (TPSA) is 130 Å². The molecular weight excluding hydrogens is 202 g/mol. The third kappa shape index (κ3) is 1.83. The van der Waals surface area contributed by atoms with Crippen molar-refractivity contribution in [2.45, 2.75) is 0 Å². The number of nitro groups is 1. The largest absolute Gasteiger partial charge is 0.477 e. The molecule has 0 radical (unpaired) electrons. The zero-order chi connectivity index (χ0) is 11.6. The number of anilines is 1. The van der Waals surface area contributed by atoms with Gasteiger partial charge in [0, 0.05) is 5.69 Å². The maximum atomic E-state index is 10.7. The number of nitriles is 1. The number of carboxylic acid groups (broad SMARTS) is 1. The highest BCUT2D eigenvalue weighted by atomic mass is 16.6. The Kier molecular flexibility index (Phi) is 2.53. The van der Waals surface area contributed by atoms with Gasteiger partial charge >= 0.3 is 11.7 Å². The number of rotatable bonds is 2. The van der Waals surface area contributed by atoms with Crippen molar-refractivity contribution in [2.75, 3.05) is 5.73 Å². The maximum Gasteiger partial charge on any atom is 0.342 e. The molecule has 0 unspecified atom stereocenters. The minimum Gasteiger partial charge on any atom is -0.477 e. The van der Waals surface area contributed by atoms with E-state index in [1.165, 1.54) is 6.07 Å². The Labute approximate surface area is 83.5 Å². The van der Waals surface area contributed by atoms with E-state index < -0.39 is 22.1 Å². The molecule has 1 aromatic rings. The van der Waals surface area contributed by atoms with Crippen LogP contribution in [0.15, 0.2) is 12.1 Å². The van der Waals surface area contributed by atoms with Crippen molar-refractivity contribution in [1.29, 1.82) is 5.26 Å². The molecule has 0 aliphatic heterocycles. The average Bonchev–Trinajstić information content (AvgIpc) is 2.15. The normalized spacial score (nSPS) is 9.27. The van der Waals surface area contributed by atoms with Crippen molar-refractivity contribution in [1.82, 2.24) is 0 Å². The van der Waals surface area contributed by atoms with Crippen molar-refractivity contribution in [2.24, 2.45) is 0 Å². The summed E-state index contributed by atoms with van der Waals surface area (Å²) in [6, 6.07) is 3.53. The quantitative estimate of drug-likeness (QED) is 0.418. The number of carboxylic acids is 1. The van der Waals surface area contributed by atoms with Gasteiger partial charge in [-0.25, -0.2) is 4.79 Å². The first-order chi connectivity index (χ1) is 6.97. The SMILES string of the molecule is N#Cc1cc(N)cc(C(=O)O)c1[N+](=O)[O-]. The van der Waals surface area contributed by atoms with Crippen molar-refractivity contribution in [3.05, 3.63) is 33.4 Å². The van der Waals surface area contributed by atoms with Crippen LogP contribution in [0.1, 0.15) is 15.9 Å². The molecule has 1 aromatic carbocycles. The van der Waals surface area contributed by atoms with Crippen LogP contribution in [0.25, 0.3) is 0 Å². The van der Waals surface area contributed by atoms with E-state index in [1.807, 2.05) is 0 Å². The Morgan fingerprint density at radius 3 is 2.60 bits per heavy atom. The number of nitrogens with two attached hydrogens (primary N) is 1. The second-order valence-corrected chi connectivity index (χ2v) is 2.64. The van der Waals surface area contributed by atoms with Crippen LogP contribution >= 0.6 is 0 Å². The van der Waals surface area contributed by atoms with Crippen LogP contribution in [0, 0.1) is 21.4 Å². The molecule has 0 saturated heterocycles. The lowest BCUT2D eigenvalue weighted by Gasteiger charge is -2.01. The van der Waals surface area contributed by atoms with Gasteiger partial charge in [0.2, 0.25) is 0 Å². The van der Waals surface area contributed by atoms with E-state index in [0.29, 0.717) is 0 Å². The summed E-state index contributed by atoms with van der Waals surface area (Å²) in [5, 5.41) is 27.9. The molecule has 15 heavy (non-hydrogen) atoms. The summed E-state index contributed by atoms with van der Waals surface area (Å²) in [5.74, 6) is -1.49. The lowest BCUT2D eigenvalue weighted by atomic mass is 10.1. The van der Waals surface area contributed by atoms with Crippen molar-refractivity contribution < 1.29 is 14.8 Å². The van der Waals surface area contributed by atoms with Gasteiger partial charge in [0.1, 0.15) is 17.2 Å². The molecular formula is C8H5N3O4. The summed E-state index contributed by atoms with van der Waals surface area (Å²) in [7, 11) is 0. The van der Waals surface area contributed by atoms with Gasteiger partial charge in [-0.2, -0.15) is 5.26 Å². The molecule has 0 aliphatic carbocycles. The number of nitrogens with zero attached hydrogens (tertiary/aromatic N) is 2. The van der Waals surface area contributed by atoms with E-state index in [9.17, 15) is 14.9 Å². The zero-order valence-corrected chi connectivity index (χ0v) is 7.30. The lowest BCUT2D eigenvalue weighted by molar-refractivity contribution is -0.385. The Balaban J connectivity index is 3.64. The number of carbonyl (C=O) groups is 1. The number of benzene rings is 1. The fourth-order valence-corrected chi connectivity index (χ4v) is 1.10. The standard InChI is InChI=1S/C8H5N3O4/c9-3-4-1-5(10)2-6(8(12)13)7(4)11(14)15/h1-2H,10H2,(H,12,13). The summed E-state index contributed by atoms with van der Waals surface area (Å²) in [6.45, 7) is 0. The molecule has 0 aromatic heterocycles. The molecule has 0 amide bonds. The van der Waals surface area contributed by atoms with Crippen molar-refractivity contribution in [3.8, 4) is 6.07 Å². The number of hydrogen-bond acceptors (Lipinski definition) is 5. The number of hydrogen-bond donors (Lipinski definition) is 2. The van der Waals surface area contributed by atoms with Crippen LogP contribution in [0.2, 0.25) is 0 Å². The van der Waals surface area contributed by atoms with Gasteiger partial charge in [0.15, 0.2) is 0 Å². The van der Waals surface area contributed by atoms with Gasteiger partial charge in [-0.05, 0) is 12.1 Å². The third-order valence-electron chi connectivity index (χ3n) is 1.67. The van der Waals surface area contributed by atoms with Crippen LogP contribution in [-0.2, 0) is 0 Å². The fourth-order valence-electron chi connectivity index (χ4n) is 1.10. The van der Waals surface area contributed by atoms with Gasteiger partial charge in [-0.3, -0.25) is 10.1 Å². The van der Waals surface area contributed by atoms with Gasteiger partial charge in [0.05, 0.1) is 4.92 Å². The Hall–Kier alpha value is -2.62.